The van der Waals surface area contributed by atoms with Crippen molar-refractivity contribution in [3.63, 3.8) is 0 Å². The zero-order chi connectivity index (χ0) is 20.7. The minimum atomic E-state index is -0.491. The Balaban J connectivity index is 2.34. The average molecular weight is 487 g/mol. The Bertz CT molecular complexity index is 1020. The first kappa shape index (κ1) is 21.3. The molecule has 0 fully saturated rings. The van der Waals surface area contributed by atoms with Gasteiger partial charge in [0.2, 0.25) is 0 Å². The number of nitriles is 2. The van der Waals surface area contributed by atoms with Crippen LogP contribution in [-0.2, 0) is 4.79 Å². The second-order valence-corrected chi connectivity index (χ2v) is 7.01. The molecule has 2 aromatic rings. The van der Waals surface area contributed by atoms with Crippen molar-refractivity contribution in [1.82, 2.24) is 0 Å². The fourth-order valence-electron chi connectivity index (χ4n) is 2.46. The number of hydrogen-bond acceptors (Lipinski definition) is 5. The summed E-state index contributed by atoms with van der Waals surface area (Å²) < 4.78 is 11.4. The summed E-state index contributed by atoms with van der Waals surface area (Å²) in [5.74, 6) is 0.371. The van der Waals surface area contributed by atoms with E-state index in [-0.39, 0.29) is 12.2 Å². The smallest absolute Gasteiger partial charge is 0.266 e. The summed E-state index contributed by atoms with van der Waals surface area (Å²) in [6.45, 7) is 3.76. The Kier molecular flexibility index (Phi) is 7.42. The van der Waals surface area contributed by atoms with Gasteiger partial charge in [-0.2, -0.15) is 10.5 Å². The summed E-state index contributed by atoms with van der Waals surface area (Å²) in [6, 6.07) is 12.8. The summed E-state index contributed by atoms with van der Waals surface area (Å²) in [5.41, 5.74) is 3.23. The molecule has 0 aliphatic heterocycles. The van der Waals surface area contributed by atoms with E-state index in [1.165, 1.54) is 13.2 Å². The van der Waals surface area contributed by atoms with E-state index in [1.54, 1.807) is 18.2 Å². The second-order valence-electron chi connectivity index (χ2n) is 5.85. The van der Waals surface area contributed by atoms with Crippen LogP contribution < -0.4 is 14.8 Å². The highest BCUT2D eigenvalue weighted by Crippen LogP contribution is 2.34. The van der Waals surface area contributed by atoms with Crippen LogP contribution in [-0.4, -0.2) is 19.6 Å². The molecule has 1 amide bonds. The highest BCUT2D eigenvalue weighted by atomic mass is 127. The third-order valence-corrected chi connectivity index (χ3v) is 4.86. The van der Waals surface area contributed by atoms with Crippen molar-refractivity contribution in [3.8, 4) is 23.6 Å². The van der Waals surface area contributed by atoms with Gasteiger partial charge in [0.15, 0.2) is 18.1 Å². The van der Waals surface area contributed by atoms with Crippen molar-refractivity contribution in [3.05, 3.63) is 56.2 Å². The van der Waals surface area contributed by atoms with Crippen molar-refractivity contribution in [2.24, 2.45) is 0 Å². The lowest BCUT2D eigenvalue weighted by Gasteiger charge is -2.12. The molecule has 0 bridgehead atoms. The number of nitrogens with zero attached hydrogens (tertiary/aromatic N) is 2. The van der Waals surface area contributed by atoms with E-state index in [4.69, 9.17) is 14.7 Å². The number of amides is 1. The maximum Gasteiger partial charge on any atom is 0.266 e. The van der Waals surface area contributed by atoms with Crippen LogP contribution in [0.1, 0.15) is 16.7 Å². The Morgan fingerprint density at radius 2 is 2.04 bits per heavy atom. The van der Waals surface area contributed by atoms with Crippen LogP contribution in [0.15, 0.2) is 35.9 Å². The summed E-state index contributed by atoms with van der Waals surface area (Å²) in [7, 11) is 1.48. The van der Waals surface area contributed by atoms with Gasteiger partial charge in [-0.15, -0.1) is 0 Å². The van der Waals surface area contributed by atoms with E-state index in [2.05, 4.69) is 27.9 Å². The number of anilines is 1. The maximum atomic E-state index is 12.6. The molecule has 0 aliphatic carbocycles. The molecule has 0 unspecified atom stereocenters. The summed E-state index contributed by atoms with van der Waals surface area (Å²) in [5, 5.41) is 20.9. The number of rotatable bonds is 6. The Morgan fingerprint density at radius 1 is 1.29 bits per heavy atom. The third-order valence-electron chi connectivity index (χ3n) is 4.06. The van der Waals surface area contributed by atoms with Crippen molar-refractivity contribution in [2.75, 3.05) is 19.0 Å². The van der Waals surface area contributed by atoms with Crippen molar-refractivity contribution >= 4 is 40.3 Å². The van der Waals surface area contributed by atoms with Crippen LogP contribution in [0.25, 0.3) is 6.08 Å². The van der Waals surface area contributed by atoms with E-state index >= 15 is 0 Å². The van der Waals surface area contributed by atoms with Gasteiger partial charge in [0.1, 0.15) is 17.7 Å². The molecule has 1 N–H and O–H groups in total. The molecule has 2 rings (SSSR count). The Labute approximate surface area is 177 Å². The van der Waals surface area contributed by atoms with Gasteiger partial charge >= 0.3 is 0 Å². The molecule has 0 saturated carbocycles. The number of carbonyl (C=O) groups is 1. The normalized spacial score (nSPS) is 10.6. The standard InChI is InChI=1S/C21H18IN3O3/c1-13-5-4-6-18(14(13)2)25-21(26)16(12-24)9-15-10-17(22)20(28-8-7-23)19(11-15)27-3/h4-6,9-11H,8H2,1-3H3,(H,25,26)/b16-9+. The molecule has 2 aromatic carbocycles. The molecule has 0 radical (unpaired) electrons. The second kappa shape index (κ2) is 9.77. The molecule has 0 saturated heterocycles. The van der Waals surface area contributed by atoms with Crippen LogP contribution >= 0.6 is 22.6 Å². The SMILES string of the molecule is COc1cc(/C=C(\C#N)C(=O)Nc2cccc(C)c2C)cc(I)c1OCC#N. The van der Waals surface area contributed by atoms with Gasteiger partial charge in [0, 0.05) is 5.69 Å². The molecule has 6 nitrogen and oxygen atoms in total. The van der Waals surface area contributed by atoms with Gasteiger partial charge in [-0.25, -0.2) is 0 Å². The number of aryl methyl sites for hydroxylation is 1. The van der Waals surface area contributed by atoms with Gasteiger partial charge in [0.05, 0.1) is 10.7 Å². The number of carbonyl (C=O) groups excluding carboxylic acids is 1. The van der Waals surface area contributed by atoms with Crippen LogP contribution in [0.2, 0.25) is 0 Å². The predicted octanol–water partition coefficient (Wildman–Crippen LogP) is 4.36. The fraction of sp³-hybridized carbons (Fsp3) is 0.190. The van der Waals surface area contributed by atoms with E-state index in [1.807, 2.05) is 38.1 Å². The number of benzene rings is 2. The predicted molar refractivity (Wildman–Crippen MR) is 115 cm³/mol. The summed E-state index contributed by atoms with van der Waals surface area (Å²) in [4.78, 5) is 12.6. The molecule has 28 heavy (non-hydrogen) atoms. The van der Waals surface area contributed by atoms with Gasteiger partial charge in [-0.1, -0.05) is 12.1 Å². The molecule has 0 atom stereocenters. The van der Waals surface area contributed by atoms with Crippen molar-refractivity contribution in [1.29, 1.82) is 10.5 Å². The molecular weight excluding hydrogens is 469 g/mol. The van der Waals surface area contributed by atoms with Gasteiger partial charge in [-0.3, -0.25) is 4.79 Å². The fourth-order valence-corrected chi connectivity index (χ4v) is 3.24. The highest BCUT2D eigenvalue weighted by Gasteiger charge is 2.14. The summed E-state index contributed by atoms with van der Waals surface area (Å²) in [6.07, 6.45) is 1.49. The van der Waals surface area contributed by atoms with Crippen LogP contribution in [0.4, 0.5) is 5.69 Å². The number of halogens is 1. The molecule has 0 aromatic heterocycles. The molecule has 142 valence electrons. The minimum absolute atomic E-state index is 0.0375. The quantitative estimate of drug-likeness (QED) is 0.371. The van der Waals surface area contributed by atoms with Crippen LogP contribution in [0.5, 0.6) is 11.5 Å². The number of nitrogens with one attached hydrogen (secondary N) is 1. The lowest BCUT2D eigenvalue weighted by Crippen LogP contribution is -2.14. The van der Waals surface area contributed by atoms with E-state index < -0.39 is 5.91 Å². The monoisotopic (exact) mass is 487 g/mol. The molecule has 0 heterocycles. The van der Waals surface area contributed by atoms with E-state index in [9.17, 15) is 10.1 Å². The van der Waals surface area contributed by atoms with Crippen molar-refractivity contribution in [2.45, 2.75) is 13.8 Å². The highest BCUT2D eigenvalue weighted by molar-refractivity contribution is 14.1. The number of methoxy groups -OCH3 is 1. The Hall–Kier alpha value is -3.04. The zero-order valence-corrected chi connectivity index (χ0v) is 17.8. The first-order chi connectivity index (χ1) is 13.4. The number of hydrogen-bond donors (Lipinski definition) is 1. The maximum absolute atomic E-state index is 12.6. The molecule has 0 spiro atoms. The molecular formula is C21H18IN3O3. The van der Waals surface area contributed by atoms with Gasteiger partial charge in [-0.05, 0) is 77.4 Å². The first-order valence-corrected chi connectivity index (χ1v) is 9.35. The van der Waals surface area contributed by atoms with Crippen LogP contribution in [0.3, 0.4) is 0 Å². The Morgan fingerprint density at radius 3 is 2.68 bits per heavy atom. The van der Waals surface area contributed by atoms with E-state index in [0.29, 0.717) is 26.3 Å². The topological polar surface area (TPSA) is 95.1 Å². The first-order valence-electron chi connectivity index (χ1n) is 8.28. The van der Waals surface area contributed by atoms with Gasteiger partial charge in [0.25, 0.3) is 5.91 Å². The molecule has 7 heteroatoms. The average Bonchev–Trinajstić information content (AvgIpc) is 2.68. The minimum Gasteiger partial charge on any atom is -0.493 e. The van der Waals surface area contributed by atoms with Crippen molar-refractivity contribution < 1.29 is 14.3 Å². The van der Waals surface area contributed by atoms with E-state index in [0.717, 1.165) is 11.1 Å². The lowest BCUT2D eigenvalue weighted by atomic mass is 10.1. The molecule has 0 aliphatic rings. The van der Waals surface area contributed by atoms with Crippen LogP contribution in [0, 0.1) is 40.1 Å². The zero-order valence-electron chi connectivity index (χ0n) is 15.7. The third kappa shape index (κ3) is 5.02. The summed E-state index contributed by atoms with van der Waals surface area (Å²) >= 11 is 2.05. The largest absolute Gasteiger partial charge is 0.493 e. The lowest BCUT2D eigenvalue weighted by molar-refractivity contribution is -0.112. The number of ether oxygens (including phenoxy) is 2. The van der Waals surface area contributed by atoms with Gasteiger partial charge < -0.3 is 14.8 Å².